The fourth-order valence-corrected chi connectivity index (χ4v) is 4.13. The minimum absolute atomic E-state index is 0.0614. The Morgan fingerprint density at radius 3 is 2.39 bits per heavy atom. The third kappa shape index (κ3) is 5.92. The molecule has 0 aliphatic rings. The van der Waals surface area contributed by atoms with Crippen LogP contribution in [0.1, 0.15) is 29.4 Å². The van der Waals surface area contributed by atoms with Crippen molar-refractivity contribution in [2.24, 2.45) is 0 Å². The first-order valence-electron chi connectivity index (χ1n) is 9.88. The fraction of sp³-hybridized carbons (Fsp3) is 0.273. The third-order valence-electron chi connectivity index (χ3n) is 4.84. The van der Waals surface area contributed by atoms with Crippen LogP contribution < -0.4 is 5.32 Å². The highest BCUT2D eigenvalue weighted by Crippen LogP contribution is 2.34. The molecule has 1 heterocycles. The van der Waals surface area contributed by atoms with Gasteiger partial charge in [0.1, 0.15) is 0 Å². The van der Waals surface area contributed by atoms with Crippen LogP contribution in [0.25, 0.3) is 5.69 Å². The van der Waals surface area contributed by atoms with Crippen LogP contribution in [0.2, 0.25) is 0 Å². The number of amides is 1. The highest BCUT2D eigenvalue weighted by Gasteiger charge is 2.34. The highest BCUT2D eigenvalue weighted by molar-refractivity contribution is 8.00. The van der Waals surface area contributed by atoms with Gasteiger partial charge in [-0.1, -0.05) is 6.07 Å². The maximum Gasteiger partial charge on any atom is 0.416 e. The zero-order chi connectivity index (χ0) is 24.3. The Balaban J connectivity index is 1.72. The lowest BCUT2D eigenvalue weighted by molar-refractivity contribution is -0.384. The van der Waals surface area contributed by atoms with Gasteiger partial charge in [0.2, 0.25) is 5.91 Å². The molecule has 0 aliphatic carbocycles. The van der Waals surface area contributed by atoms with E-state index in [1.165, 1.54) is 41.1 Å². The lowest BCUT2D eigenvalue weighted by Crippen LogP contribution is -2.31. The fourth-order valence-electron chi connectivity index (χ4n) is 3.23. The summed E-state index contributed by atoms with van der Waals surface area (Å²) in [5, 5.41) is 16.9. The summed E-state index contributed by atoms with van der Waals surface area (Å²) in [7, 11) is 0. The molecular formula is C22H21F3N4O3S. The normalized spacial score (nSPS) is 12.4. The van der Waals surface area contributed by atoms with Crippen molar-refractivity contribution < 1.29 is 22.9 Å². The van der Waals surface area contributed by atoms with E-state index in [1.54, 1.807) is 26.8 Å². The molecule has 11 heteroatoms. The number of aryl methyl sites for hydroxylation is 2. The number of non-ortho nitro benzene ring substituents is 1. The summed E-state index contributed by atoms with van der Waals surface area (Å²) < 4.78 is 42.6. The SMILES string of the molecule is Cc1cc(C)n(-c2ccc(CNC(=O)C(C)Sc3ccc([N+](=O)[O-])cc3)c(C(F)(F)F)c2)n1. The molecule has 7 nitrogen and oxygen atoms in total. The van der Waals surface area contributed by atoms with Crippen LogP contribution in [0.5, 0.6) is 0 Å². The molecule has 3 aromatic rings. The van der Waals surface area contributed by atoms with Crippen LogP contribution in [0.15, 0.2) is 53.4 Å². The molecule has 1 N–H and O–H groups in total. The number of rotatable bonds is 7. The largest absolute Gasteiger partial charge is 0.416 e. The summed E-state index contributed by atoms with van der Waals surface area (Å²) in [6.07, 6.45) is -4.61. The Labute approximate surface area is 192 Å². The number of aromatic nitrogens is 2. The first-order valence-corrected chi connectivity index (χ1v) is 10.8. The van der Waals surface area contributed by atoms with E-state index in [0.29, 0.717) is 16.3 Å². The predicted octanol–water partition coefficient (Wildman–Crippen LogP) is 5.21. The number of hydrogen-bond donors (Lipinski definition) is 1. The van der Waals surface area contributed by atoms with Gasteiger partial charge in [0.15, 0.2) is 0 Å². The van der Waals surface area contributed by atoms with Gasteiger partial charge in [-0.25, -0.2) is 4.68 Å². The third-order valence-corrected chi connectivity index (χ3v) is 5.95. The summed E-state index contributed by atoms with van der Waals surface area (Å²) in [4.78, 5) is 23.3. The van der Waals surface area contributed by atoms with Crippen LogP contribution >= 0.6 is 11.8 Å². The van der Waals surface area contributed by atoms with Gasteiger partial charge in [0.25, 0.3) is 5.69 Å². The summed E-state index contributed by atoms with van der Waals surface area (Å²) in [5.41, 5.74) is 0.706. The summed E-state index contributed by atoms with van der Waals surface area (Å²) in [6.45, 7) is 4.83. The van der Waals surface area contributed by atoms with E-state index in [1.807, 2.05) is 0 Å². The Bertz CT molecular complexity index is 1180. The van der Waals surface area contributed by atoms with Gasteiger partial charge in [-0.3, -0.25) is 14.9 Å². The molecule has 0 radical (unpaired) electrons. The molecule has 0 saturated carbocycles. The first-order chi connectivity index (χ1) is 15.5. The average molecular weight is 478 g/mol. The van der Waals surface area contributed by atoms with E-state index in [2.05, 4.69) is 10.4 Å². The number of halogens is 3. The number of nitro benzene ring substituents is 1. The van der Waals surface area contributed by atoms with E-state index in [9.17, 15) is 28.1 Å². The number of carbonyl (C=O) groups is 1. The number of hydrogen-bond acceptors (Lipinski definition) is 5. The van der Waals surface area contributed by atoms with Crippen LogP contribution in [0.3, 0.4) is 0 Å². The number of thioether (sulfide) groups is 1. The van der Waals surface area contributed by atoms with Gasteiger partial charge >= 0.3 is 6.18 Å². The second-order valence-electron chi connectivity index (χ2n) is 7.41. The van der Waals surface area contributed by atoms with E-state index < -0.39 is 27.8 Å². The van der Waals surface area contributed by atoms with Crippen molar-refractivity contribution in [1.82, 2.24) is 15.1 Å². The van der Waals surface area contributed by atoms with Crippen molar-refractivity contribution in [3.63, 3.8) is 0 Å². The molecule has 3 rings (SSSR count). The van der Waals surface area contributed by atoms with Crippen LogP contribution in [-0.4, -0.2) is 25.9 Å². The molecule has 2 aromatic carbocycles. The van der Waals surface area contributed by atoms with Gasteiger partial charge in [-0.05, 0) is 56.7 Å². The number of nitrogens with one attached hydrogen (secondary N) is 1. The maximum absolute atomic E-state index is 13.7. The Kier molecular flexibility index (Phi) is 7.11. The van der Waals surface area contributed by atoms with Crippen molar-refractivity contribution in [2.45, 2.75) is 43.6 Å². The number of nitrogens with zero attached hydrogens (tertiary/aromatic N) is 3. The van der Waals surface area contributed by atoms with Crippen molar-refractivity contribution in [1.29, 1.82) is 0 Å². The molecule has 0 spiro atoms. The van der Waals surface area contributed by atoms with Gasteiger partial charge < -0.3 is 5.32 Å². The van der Waals surface area contributed by atoms with Crippen molar-refractivity contribution in [3.8, 4) is 5.69 Å². The van der Waals surface area contributed by atoms with E-state index >= 15 is 0 Å². The Morgan fingerprint density at radius 1 is 1.18 bits per heavy atom. The van der Waals surface area contributed by atoms with E-state index in [0.717, 1.165) is 17.8 Å². The van der Waals surface area contributed by atoms with E-state index in [-0.39, 0.29) is 23.5 Å². The predicted molar refractivity (Wildman–Crippen MR) is 118 cm³/mol. The van der Waals surface area contributed by atoms with Crippen LogP contribution in [0.4, 0.5) is 18.9 Å². The molecule has 1 amide bonds. The molecule has 174 valence electrons. The van der Waals surface area contributed by atoms with Crippen molar-refractivity contribution >= 4 is 23.4 Å². The van der Waals surface area contributed by atoms with Crippen molar-refractivity contribution in [2.75, 3.05) is 0 Å². The zero-order valence-corrected chi connectivity index (χ0v) is 18.8. The zero-order valence-electron chi connectivity index (χ0n) is 18.0. The monoisotopic (exact) mass is 478 g/mol. The van der Waals surface area contributed by atoms with Gasteiger partial charge in [0, 0.05) is 29.3 Å². The average Bonchev–Trinajstić information content (AvgIpc) is 3.09. The quantitative estimate of drug-likeness (QED) is 0.286. The first kappa shape index (κ1) is 24.3. The molecule has 0 saturated heterocycles. The molecular weight excluding hydrogens is 457 g/mol. The second-order valence-corrected chi connectivity index (χ2v) is 8.82. The molecule has 0 aliphatic heterocycles. The summed E-state index contributed by atoms with van der Waals surface area (Å²) in [5.74, 6) is -0.450. The number of carbonyl (C=O) groups excluding carboxylic acids is 1. The Hall–Kier alpha value is -3.34. The molecule has 0 fully saturated rings. The number of nitro groups is 1. The van der Waals surface area contributed by atoms with Crippen LogP contribution in [-0.2, 0) is 17.5 Å². The standard InChI is InChI=1S/C22H21F3N4O3S/c1-13-10-14(2)28(27-13)18-5-4-16(20(11-18)22(23,24)25)12-26-21(30)15(3)33-19-8-6-17(7-9-19)29(31)32/h4-11,15H,12H2,1-3H3,(H,26,30). The van der Waals surface area contributed by atoms with E-state index in [4.69, 9.17) is 0 Å². The smallest absolute Gasteiger partial charge is 0.351 e. The molecule has 1 aromatic heterocycles. The highest BCUT2D eigenvalue weighted by atomic mass is 32.2. The lowest BCUT2D eigenvalue weighted by Gasteiger charge is -2.17. The van der Waals surface area contributed by atoms with Crippen LogP contribution in [0, 0.1) is 24.0 Å². The summed E-state index contributed by atoms with van der Waals surface area (Å²) >= 11 is 1.15. The lowest BCUT2D eigenvalue weighted by atomic mass is 10.1. The molecule has 0 bridgehead atoms. The topological polar surface area (TPSA) is 90.1 Å². The minimum Gasteiger partial charge on any atom is -0.351 e. The molecule has 1 unspecified atom stereocenters. The summed E-state index contributed by atoms with van der Waals surface area (Å²) in [6, 6.07) is 11.4. The second kappa shape index (κ2) is 9.65. The van der Waals surface area contributed by atoms with Gasteiger partial charge in [-0.2, -0.15) is 18.3 Å². The minimum atomic E-state index is -4.61. The van der Waals surface area contributed by atoms with Gasteiger partial charge in [0.05, 0.1) is 27.1 Å². The van der Waals surface area contributed by atoms with Gasteiger partial charge in [-0.15, -0.1) is 11.8 Å². The maximum atomic E-state index is 13.7. The Morgan fingerprint density at radius 2 is 1.85 bits per heavy atom. The molecule has 33 heavy (non-hydrogen) atoms. The number of alkyl halides is 3. The van der Waals surface area contributed by atoms with Crippen molar-refractivity contribution in [3.05, 3.63) is 81.2 Å². The number of benzene rings is 2. The molecule has 1 atom stereocenters.